The number of nitro benzene ring substituents is 1. The van der Waals surface area contributed by atoms with Crippen LogP contribution in [0.4, 0.5) is 11.4 Å². The van der Waals surface area contributed by atoms with E-state index >= 15 is 0 Å². The summed E-state index contributed by atoms with van der Waals surface area (Å²) in [6.07, 6.45) is 0. The number of aromatic nitrogens is 2. The maximum Gasteiger partial charge on any atom is 0.269 e. The van der Waals surface area contributed by atoms with Crippen molar-refractivity contribution in [2.24, 2.45) is 14.1 Å². The van der Waals surface area contributed by atoms with Gasteiger partial charge in [0.15, 0.2) is 0 Å². The average Bonchev–Trinajstić information content (AvgIpc) is 3.38. The summed E-state index contributed by atoms with van der Waals surface area (Å²) < 4.78 is 4.21. The zero-order valence-electron chi connectivity index (χ0n) is 20.9. The standard InChI is InChI=1S/C29H26N4O3/c1-17-26(20-10-6-8-12-23(20)30(17)3)29(27-18(2)31(4)24-13-9-7-11-21(24)27)22-16-19(33(35)36)14-15-25(22)32(5)28(29)34/h6-16H,1-5H3. The third-order valence-corrected chi connectivity index (χ3v) is 8.13. The molecule has 0 fully saturated rings. The zero-order chi connectivity index (χ0) is 25.5. The van der Waals surface area contributed by atoms with Gasteiger partial charge in [-0.25, -0.2) is 0 Å². The molecule has 1 aliphatic rings. The Morgan fingerprint density at radius 2 is 1.28 bits per heavy atom. The Morgan fingerprint density at radius 3 is 1.78 bits per heavy atom. The van der Waals surface area contributed by atoms with Gasteiger partial charge in [-0.15, -0.1) is 0 Å². The van der Waals surface area contributed by atoms with E-state index in [1.165, 1.54) is 6.07 Å². The van der Waals surface area contributed by atoms with Gasteiger partial charge in [0.25, 0.3) is 5.69 Å². The van der Waals surface area contributed by atoms with Crippen molar-refractivity contribution in [1.82, 2.24) is 9.13 Å². The lowest BCUT2D eigenvalue weighted by molar-refractivity contribution is -0.384. The summed E-state index contributed by atoms with van der Waals surface area (Å²) in [5, 5.41) is 13.8. The van der Waals surface area contributed by atoms with Gasteiger partial charge in [-0.2, -0.15) is 0 Å². The molecule has 6 rings (SSSR count). The molecule has 3 aromatic carbocycles. The summed E-state index contributed by atoms with van der Waals surface area (Å²) in [6, 6.07) is 20.9. The van der Waals surface area contributed by atoms with Gasteiger partial charge in [-0.1, -0.05) is 36.4 Å². The van der Waals surface area contributed by atoms with Gasteiger partial charge in [-0.3, -0.25) is 14.9 Å². The predicted molar refractivity (Wildman–Crippen MR) is 142 cm³/mol. The van der Waals surface area contributed by atoms with Crippen LogP contribution in [-0.4, -0.2) is 27.0 Å². The number of non-ortho nitro benzene ring substituents is 1. The lowest BCUT2D eigenvalue weighted by Gasteiger charge is -2.31. The molecule has 180 valence electrons. The fraction of sp³-hybridized carbons (Fsp3) is 0.207. The van der Waals surface area contributed by atoms with E-state index in [-0.39, 0.29) is 16.5 Å². The summed E-state index contributed by atoms with van der Waals surface area (Å²) in [6.45, 7) is 4.06. The van der Waals surface area contributed by atoms with Gasteiger partial charge in [0.1, 0.15) is 5.41 Å². The van der Waals surface area contributed by atoms with Gasteiger partial charge in [0.2, 0.25) is 5.91 Å². The average molecular weight is 479 g/mol. The number of likely N-dealkylation sites (N-methyl/N-ethyl adjacent to an activating group) is 1. The summed E-state index contributed by atoms with van der Waals surface area (Å²) in [5.74, 6) is -0.114. The number of amides is 1. The first-order chi connectivity index (χ1) is 17.2. The summed E-state index contributed by atoms with van der Waals surface area (Å²) in [4.78, 5) is 27.9. The minimum Gasteiger partial charge on any atom is -0.348 e. The molecule has 0 bridgehead atoms. The summed E-state index contributed by atoms with van der Waals surface area (Å²) in [7, 11) is 5.76. The molecule has 1 amide bonds. The Kier molecular flexibility index (Phi) is 4.48. The number of rotatable bonds is 3. The van der Waals surface area contributed by atoms with E-state index in [1.54, 1.807) is 24.1 Å². The first-order valence-corrected chi connectivity index (χ1v) is 11.9. The van der Waals surface area contributed by atoms with E-state index in [9.17, 15) is 14.9 Å². The van der Waals surface area contributed by atoms with Crippen molar-refractivity contribution in [3.63, 3.8) is 0 Å². The number of fused-ring (bicyclic) bond motifs is 3. The molecule has 5 aromatic rings. The zero-order valence-corrected chi connectivity index (χ0v) is 20.9. The van der Waals surface area contributed by atoms with Crippen LogP contribution in [0.5, 0.6) is 0 Å². The minimum absolute atomic E-state index is 0.0306. The number of hydrogen-bond acceptors (Lipinski definition) is 3. The number of para-hydroxylation sites is 2. The topological polar surface area (TPSA) is 73.3 Å². The van der Waals surface area contributed by atoms with Crippen LogP contribution in [-0.2, 0) is 24.3 Å². The Labute approximate surface area is 208 Å². The van der Waals surface area contributed by atoms with Crippen LogP contribution >= 0.6 is 0 Å². The summed E-state index contributed by atoms with van der Waals surface area (Å²) in [5.41, 5.74) is 5.70. The van der Waals surface area contributed by atoms with E-state index < -0.39 is 5.41 Å². The molecular formula is C29H26N4O3. The van der Waals surface area contributed by atoms with Gasteiger partial charge in [-0.05, 0) is 32.0 Å². The second-order valence-corrected chi connectivity index (χ2v) is 9.65. The van der Waals surface area contributed by atoms with Crippen molar-refractivity contribution in [2.75, 3.05) is 11.9 Å². The highest BCUT2D eigenvalue weighted by molar-refractivity contribution is 6.17. The molecule has 0 aliphatic carbocycles. The van der Waals surface area contributed by atoms with Crippen LogP contribution in [0.3, 0.4) is 0 Å². The maximum absolute atomic E-state index is 14.7. The molecule has 1 aliphatic heterocycles. The third-order valence-electron chi connectivity index (χ3n) is 8.13. The van der Waals surface area contributed by atoms with Crippen LogP contribution in [0.1, 0.15) is 28.1 Å². The predicted octanol–water partition coefficient (Wildman–Crippen LogP) is 5.51. The van der Waals surface area contributed by atoms with Crippen molar-refractivity contribution in [1.29, 1.82) is 0 Å². The molecule has 0 radical (unpaired) electrons. The van der Waals surface area contributed by atoms with Gasteiger partial charge >= 0.3 is 0 Å². The van der Waals surface area contributed by atoms with Crippen LogP contribution in [0, 0.1) is 24.0 Å². The number of nitrogens with zero attached hydrogens (tertiary/aromatic N) is 4. The molecule has 7 heteroatoms. The van der Waals surface area contributed by atoms with Gasteiger partial charge in [0, 0.05) is 88.8 Å². The number of hydrogen-bond donors (Lipinski definition) is 0. The van der Waals surface area contributed by atoms with Crippen LogP contribution in [0.25, 0.3) is 21.8 Å². The smallest absolute Gasteiger partial charge is 0.269 e. The molecular weight excluding hydrogens is 452 g/mol. The van der Waals surface area contributed by atoms with Crippen molar-refractivity contribution < 1.29 is 9.72 Å². The van der Waals surface area contributed by atoms with Crippen molar-refractivity contribution in [2.45, 2.75) is 19.3 Å². The van der Waals surface area contributed by atoms with Crippen molar-refractivity contribution in [3.8, 4) is 0 Å². The molecule has 36 heavy (non-hydrogen) atoms. The van der Waals surface area contributed by atoms with E-state index in [0.29, 0.717) is 11.3 Å². The number of carbonyl (C=O) groups is 1. The monoisotopic (exact) mass is 478 g/mol. The first-order valence-electron chi connectivity index (χ1n) is 11.9. The van der Waals surface area contributed by atoms with Crippen LogP contribution < -0.4 is 4.90 Å². The van der Waals surface area contributed by atoms with E-state index in [2.05, 4.69) is 9.13 Å². The van der Waals surface area contributed by atoms with E-state index in [1.807, 2.05) is 76.5 Å². The van der Waals surface area contributed by atoms with Crippen molar-refractivity contribution in [3.05, 3.63) is 105 Å². The van der Waals surface area contributed by atoms with Gasteiger partial charge < -0.3 is 14.0 Å². The lowest BCUT2D eigenvalue weighted by Crippen LogP contribution is -2.41. The largest absolute Gasteiger partial charge is 0.348 e. The first kappa shape index (κ1) is 22.1. The molecule has 0 atom stereocenters. The third kappa shape index (κ3) is 2.49. The summed E-state index contributed by atoms with van der Waals surface area (Å²) >= 11 is 0. The highest BCUT2D eigenvalue weighted by atomic mass is 16.6. The molecule has 7 nitrogen and oxygen atoms in total. The lowest BCUT2D eigenvalue weighted by atomic mass is 9.68. The SMILES string of the molecule is Cc1c(C2(c3c(C)n(C)c4ccccc34)C(=O)N(C)c3ccc([N+](=O)[O-])cc32)c2ccccc2n1C. The molecule has 0 spiro atoms. The molecule has 0 saturated heterocycles. The number of anilines is 1. The number of aryl methyl sites for hydroxylation is 2. The second kappa shape index (κ2) is 7.31. The van der Waals surface area contributed by atoms with E-state index in [0.717, 1.165) is 44.3 Å². The fourth-order valence-electron chi connectivity index (χ4n) is 6.30. The highest BCUT2D eigenvalue weighted by Gasteiger charge is 2.56. The van der Waals surface area contributed by atoms with Crippen LogP contribution in [0.15, 0.2) is 66.7 Å². The quantitative estimate of drug-likeness (QED) is 0.254. The highest BCUT2D eigenvalue weighted by Crippen LogP contribution is 2.56. The minimum atomic E-state index is -1.26. The molecule has 0 unspecified atom stereocenters. The normalized spacial score (nSPS) is 14.7. The number of nitro groups is 1. The number of benzene rings is 3. The van der Waals surface area contributed by atoms with Crippen LogP contribution in [0.2, 0.25) is 0 Å². The number of carbonyl (C=O) groups excluding carboxylic acids is 1. The molecule has 3 heterocycles. The second-order valence-electron chi connectivity index (χ2n) is 9.65. The van der Waals surface area contributed by atoms with Gasteiger partial charge in [0.05, 0.1) is 4.92 Å². The fourth-order valence-corrected chi connectivity index (χ4v) is 6.30. The Bertz CT molecular complexity index is 1670. The maximum atomic E-state index is 14.7. The van der Waals surface area contributed by atoms with E-state index in [4.69, 9.17) is 0 Å². The Hall–Kier alpha value is -4.39. The van der Waals surface area contributed by atoms with Crippen molar-refractivity contribution >= 4 is 39.1 Å². The Morgan fingerprint density at radius 1 is 0.778 bits per heavy atom. The molecule has 0 N–H and O–H groups in total. The molecule has 2 aromatic heterocycles. The molecule has 0 saturated carbocycles. The Balaban J connectivity index is 1.91.